The van der Waals surface area contributed by atoms with Crippen LogP contribution in [-0.2, 0) is 6.42 Å². The monoisotopic (exact) mass is 356 g/mol. The van der Waals surface area contributed by atoms with Gasteiger partial charge in [0.2, 0.25) is 0 Å². The smallest absolute Gasteiger partial charge is 0.161 e. The Morgan fingerprint density at radius 3 is 2.38 bits per heavy atom. The average molecular weight is 356 g/mol. The van der Waals surface area contributed by atoms with Gasteiger partial charge >= 0.3 is 0 Å². The van der Waals surface area contributed by atoms with Crippen LogP contribution in [0.3, 0.4) is 0 Å². The number of fused-ring (bicyclic) bond motifs is 1. The van der Waals surface area contributed by atoms with E-state index in [2.05, 4.69) is 0 Å². The predicted octanol–water partition coefficient (Wildman–Crippen LogP) is 2.87. The molecule has 0 spiro atoms. The second-order valence-electron chi connectivity index (χ2n) is 6.48. The molecule has 0 saturated heterocycles. The molecule has 0 bridgehead atoms. The first-order chi connectivity index (χ1) is 12.5. The largest absolute Gasteiger partial charge is 0.508 e. The lowest BCUT2D eigenvalue weighted by atomic mass is 9.77. The van der Waals surface area contributed by atoms with Gasteiger partial charge in [0.05, 0.1) is 26.4 Å². The van der Waals surface area contributed by atoms with Gasteiger partial charge in [0.1, 0.15) is 5.75 Å². The van der Waals surface area contributed by atoms with Crippen LogP contribution in [0.2, 0.25) is 0 Å². The van der Waals surface area contributed by atoms with E-state index in [1.807, 2.05) is 12.1 Å². The molecule has 5 nitrogen and oxygen atoms in total. The standard InChI is InChI=1S/C21H24O5/c1-25-19-11-14-6-10-18(24)21(16(14)12-20(19)26-2)17(23)9-5-13-3-7-15(22)8-4-13/h3-5,7-9,11-12,17-18,21-24H,6,10H2,1-2H3/b9-5-. The molecular weight excluding hydrogens is 332 g/mol. The first kappa shape index (κ1) is 18.3. The number of rotatable bonds is 5. The van der Waals surface area contributed by atoms with Crippen LogP contribution in [-0.4, -0.2) is 41.7 Å². The lowest BCUT2D eigenvalue weighted by Crippen LogP contribution is -2.33. The van der Waals surface area contributed by atoms with Crippen LogP contribution in [0.4, 0.5) is 0 Å². The molecule has 1 aliphatic carbocycles. The molecule has 0 saturated carbocycles. The van der Waals surface area contributed by atoms with E-state index >= 15 is 0 Å². The molecule has 5 heteroatoms. The molecule has 2 aromatic carbocycles. The van der Waals surface area contributed by atoms with Crippen molar-refractivity contribution in [1.82, 2.24) is 0 Å². The van der Waals surface area contributed by atoms with Crippen molar-refractivity contribution < 1.29 is 24.8 Å². The van der Waals surface area contributed by atoms with Crippen molar-refractivity contribution in [2.24, 2.45) is 0 Å². The third kappa shape index (κ3) is 3.69. The summed E-state index contributed by atoms with van der Waals surface area (Å²) in [6.45, 7) is 0. The van der Waals surface area contributed by atoms with E-state index < -0.39 is 18.1 Å². The lowest BCUT2D eigenvalue weighted by molar-refractivity contribution is 0.0640. The predicted molar refractivity (Wildman–Crippen MR) is 99.8 cm³/mol. The molecule has 0 radical (unpaired) electrons. The maximum atomic E-state index is 10.7. The van der Waals surface area contributed by atoms with E-state index in [0.717, 1.165) is 23.1 Å². The van der Waals surface area contributed by atoms with Crippen molar-refractivity contribution in [3.05, 3.63) is 59.2 Å². The number of phenolic OH excluding ortho intramolecular Hbond substituents is 1. The zero-order chi connectivity index (χ0) is 18.7. The zero-order valence-corrected chi connectivity index (χ0v) is 14.9. The molecule has 3 atom stereocenters. The van der Waals surface area contributed by atoms with Crippen LogP contribution in [0, 0.1) is 0 Å². The molecule has 3 N–H and O–H groups in total. The zero-order valence-electron chi connectivity index (χ0n) is 14.9. The highest BCUT2D eigenvalue weighted by Gasteiger charge is 2.33. The molecule has 26 heavy (non-hydrogen) atoms. The number of ether oxygens (including phenoxy) is 2. The van der Waals surface area contributed by atoms with Crippen LogP contribution in [0.15, 0.2) is 42.5 Å². The minimum atomic E-state index is -0.851. The Labute approximate surface area is 153 Å². The number of methoxy groups -OCH3 is 2. The van der Waals surface area contributed by atoms with Gasteiger partial charge in [-0.2, -0.15) is 0 Å². The maximum absolute atomic E-state index is 10.7. The Balaban J connectivity index is 1.90. The van der Waals surface area contributed by atoms with Gasteiger partial charge in [0.15, 0.2) is 11.5 Å². The van der Waals surface area contributed by atoms with Gasteiger partial charge in [-0.3, -0.25) is 0 Å². The third-order valence-electron chi connectivity index (χ3n) is 4.88. The van der Waals surface area contributed by atoms with Crippen molar-refractivity contribution in [2.45, 2.75) is 31.0 Å². The molecular formula is C21H24O5. The molecule has 2 aromatic rings. The second kappa shape index (κ2) is 7.81. The van der Waals surface area contributed by atoms with E-state index in [9.17, 15) is 15.3 Å². The van der Waals surface area contributed by atoms with Crippen LogP contribution >= 0.6 is 0 Å². The normalized spacial score (nSPS) is 20.6. The molecule has 138 valence electrons. The van der Waals surface area contributed by atoms with Crippen molar-refractivity contribution in [3.63, 3.8) is 0 Å². The summed E-state index contributed by atoms with van der Waals surface area (Å²) in [6.07, 6.45) is 3.27. The summed E-state index contributed by atoms with van der Waals surface area (Å²) in [4.78, 5) is 0. The molecule has 0 aliphatic heterocycles. The molecule has 0 aromatic heterocycles. The highest BCUT2D eigenvalue weighted by Crippen LogP contribution is 2.41. The number of aromatic hydroxyl groups is 1. The molecule has 1 aliphatic rings. The summed E-state index contributed by atoms with van der Waals surface area (Å²) in [5.74, 6) is 0.989. The topological polar surface area (TPSA) is 79.2 Å². The van der Waals surface area contributed by atoms with Crippen LogP contribution in [0.25, 0.3) is 6.08 Å². The van der Waals surface area contributed by atoms with E-state index in [1.165, 1.54) is 0 Å². The van der Waals surface area contributed by atoms with E-state index in [4.69, 9.17) is 9.47 Å². The Morgan fingerprint density at radius 1 is 1.08 bits per heavy atom. The number of benzene rings is 2. The maximum Gasteiger partial charge on any atom is 0.161 e. The SMILES string of the molecule is COc1cc2c(cc1OC)C(C(O)/C=C\c1ccc(O)cc1)C(O)CC2. The van der Waals surface area contributed by atoms with Crippen molar-refractivity contribution >= 4 is 6.08 Å². The van der Waals surface area contributed by atoms with E-state index in [0.29, 0.717) is 17.9 Å². The summed E-state index contributed by atoms with van der Waals surface area (Å²) in [6, 6.07) is 10.5. The Hall–Kier alpha value is -2.50. The second-order valence-corrected chi connectivity index (χ2v) is 6.48. The minimum Gasteiger partial charge on any atom is -0.508 e. The Bertz CT molecular complexity index is 782. The number of hydrogen-bond donors (Lipinski definition) is 3. The first-order valence-electron chi connectivity index (χ1n) is 8.61. The summed E-state index contributed by atoms with van der Waals surface area (Å²) in [5, 5.41) is 30.6. The summed E-state index contributed by atoms with van der Waals surface area (Å²) in [7, 11) is 3.16. The summed E-state index contributed by atoms with van der Waals surface area (Å²) >= 11 is 0. The van der Waals surface area contributed by atoms with Gasteiger partial charge in [-0.1, -0.05) is 24.3 Å². The number of aliphatic hydroxyl groups excluding tert-OH is 2. The average Bonchev–Trinajstić information content (AvgIpc) is 2.66. The fourth-order valence-electron chi connectivity index (χ4n) is 3.48. The van der Waals surface area contributed by atoms with Gasteiger partial charge in [0, 0.05) is 5.92 Å². The van der Waals surface area contributed by atoms with Crippen molar-refractivity contribution in [2.75, 3.05) is 14.2 Å². The lowest BCUT2D eigenvalue weighted by Gasteiger charge is -2.33. The van der Waals surface area contributed by atoms with Crippen LogP contribution < -0.4 is 9.47 Å². The number of aryl methyl sites for hydroxylation is 1. The van der Waals surface area contributed by atoms with Gasteiger partial charge in [0.25, 0.3) is 0 Å². The molecule has 3 rings (SSSR count). The first-order valence-corrected chi connectivity index (χ1v) is 8.61. The molecule has 0 amide bonds. The van der Waals surface area contributed by atoms with Gasteiger partial charge < -0.3 is 24.8 Å². The highest BCUT2D eigenvalue weighted by molar-refractivity contribution is 5.53. The molecule has 0 heterocycles. The fourth-order valence-corrected chi connectivity index (χ4v) is 3.48. The Kier molecular flexibility index (Phi) is 5.49. The van der Waals surface area contributed by atoms with E-state index in [-0.39, 0.29) is 5.75 Å². The summed E-state index contributed by atoms with van der Waals surface area (Å²) < 4.78 is 10.7. The van der Waals surface area contributed by atoms with Crippen LogP contribution in [0.1, 0.15) is 29.0 Å². The number of hydrogen-bond acceptors (Lipinski definition) is 5. The third-order valence-corrected chi connectivity index (χ3v) is 4.88. The van der Waals surface area contributed by atoms with Crippen molar-refractivity contribution in [3.8, 4) is 17.2 Å². The Morgan fingerprint density at radius 2 is 1.73 bits per heavy atom. The van der Waals surface area contributed by atoms with Crippen LogP contribution in [0.5, 0.6) is 17.2 Å². The van der Waals surface area contributed by atoms with Gasteiger partial charge in [-0.15, -0.1) is 0 Å². The number of phenols is 1. The summed E-state index contributed by atoms with van der Waals surface area (Å²) in [5.41, 5.74) is 2.79. The minimum absolute atomic E-state index is 0.195. The van der Waals surface area contributed by atoms with Gasteiger partial charge in [-0.05, 0) is 53.8 Å². The van der Waals surface area contributed by atoms with Gasteiger partial charge in [-0.25, -0.2) is 0 Å². The fraction of sp³-hybridized carbons (Fsp3) is 0.333. The molecule has 0 fully saturated rings. The quantitative estimate of drug-likeness (QED) is 0.768. The molecule has 3 unspecified atom stereocenters. The highest BCUT2D eigenvalue weighted by atomic mass is 16.5. The van der Waals surface area contributed by atoms with Crippen molar-refractivity contribution in [1.29, 1.82) is 0 Å². The number of aliphatic hydroxyl groups is 2. The van der Waals surface area contributed by atoms with E-state index in [1.54, 1.807) is 50.6 Å².